The van der Waals surface area contributed by atoms with Crippen molar-refractivity contribution < 1.29 is 4.79 Å². The van der Waals surface area contributed by atoms with Crippen molar-refractivity contribution >= 4 is 38.7 Å². The van der Waals surface area contributed by atoms with Crippen LogP contribution in [-0.4, -0.2) is 5.78 Å². The number of rotatable bonds is 3. The number of nitriles is 1. The Labute approximate surface area is 196 Å². The van der Waals surface area contributed by atoms with E-state index in [-0.39, 0.29) is 17.1 Å². The SMILES string of the molecule is CCc1ccc([C@@H]2C(C#N)=C(N)N(c3ccc(Br)cc3C)C3=C2C(=O)CC(C)(C)C3)s1. The van der Waals surface area contributed by atoms with Gasteiger partial charge in [0.25, 0.3) is 0 Å². The Morgan fingerprint density at radius 1 is 1.29 bits per heavy atom. The maximum Gasteiger partial charge on any atom is 0.162 e. The van der Waals surface area contributed by atoms with E-state index in [4.69, 9.17) is 5.73 Å². The lowest BCUT2D eigenvalue weighted by atomic mass is 9.69. The van der Waals surface area contributed by atoms with Crippen LogP contribution in [0.3, 0.4) is 0 Å². The molecule has 1 atom stereocenters. The summed E-state index contributed by atoms with van der Waals surface area (Å²) in [6.45, 7) is 8.38. The van der Waals surface area contributed by atoms with Crippen LogP contribution in [0.15, 0.2) is 57.5 Å². The first-order valence-electron chi connectivity index (χ1n) is 10.5. The molecule has 4 nitrogen and oxygen atoms in total. The molecular weight excluding hydrogens is 470 g/mol. The minimum Gasteiger partial charge on any atom is -0.384 e. The zero-order valence-corrected chi connectivity index (χ0v) is 20.7. The molecule has 1 aliphatic heterocycles. The fourth-order valence-electron chi connectivity index (χ4n) is 4.68. The molecule has 2 N–H and O–H groups in total. The Hall–Kier alpha value is -2.36. The number of thiophene rings is 1. The molecule has 1 aromatic carbocycles. The van der Waals surface area contributed by atoms with Crippen LogP contribution in [0.5, 0.6) is 0 Å². The first-order valence-corrected chi connectivity index (χ1v) is 12.1. The van der Waals surface area contributed by atoms with Crippen molar-refractivity contribution in [2.75, 3.05) is 4.90 Å². The van der Waals surface area contributed by atoms with E-state index in [9.17, 15) is 10.1 Å². The number of nitrogens with two attached hydrogens (primary N) is 1. The maximum absolute atomic E-state index is 13.5. The van der Waals surface area contributed by atoms with Crippen molar-refractivity contribution in [3.63, 3.8) is 0 Å². The van der Waals surface area contributed by atoms with Gasteiger partial charge < -0.3 is 5.73 Å². The van der Waals surface area contributed by atoms with Gasteiger partial charge in [-0.3, -0.25) is 9.69 Å². The first-order chi connectivity index (χ1) is 14.7. The highest BCUT2D eigenvalue weighted by Crippen LogP contribution is 2.51. The van der Waals surface area contributed by atoms with Crippen LogP contribution in [0.2, 0.25) is 0 Å². The van der Waals surface area contributed by atoms with Crippen LogP contribution in [-0.2, 0) is 11.2 Å². The van der Waals surface area contributed by atoms with Gasteiger partial charge in [0.15, 0.2) is 5.78 Å². The van der Waals surface area contributed by atoms with Crippen molar-refractivity contribution in [1.29, 1.82) is 5.26 Å². The topological polar surface area (TPSA) is 70.1 Å². The second-order valence-electron chi connectivity index (χ2n) is 9.07. The number of allylic oxidation sites excluding steroid dienone is 3. The summed E-state index contributed by atoms with van der Waals surface area (Å²) in [5.41, 5.74) is 10.6. The number of hydrogen-bond acceptors (Lipinski definition) is 5. The maximum atomic E-state index is 13.5. The predicted molar refractivity (Wildman–Crippen MR) is 130 cm³/mol. The highest BCUT2D eigenvalue weighted by atomic mass is 79.9. The molecule has 2 heterocycles. The van der Waals surface area contributed by atoms with Crippen LogP contribution in [0.4, 0.5) is 5.69 Å². The van der Waals surface area contributed by atoms with Crippen molar-refractivity contribution in [2.24, 2.45) is 11.1 Å². The number of benzene rings is 1. The van der Waals surface area contributed by atoms with Gasteiger partial charge in [-0.05, 0) is 61.1 Å². The van der Waals surface area contributed by atoms with Crippen molar-refractivity contribution in [1.82, 2.24) is 0 Å². The summed E-state index contributed by atoms with van der Waals surface area (Å²) in [5.74, 6) is 0.150. The summed E-state index contributed by atoms with van der Waals surface area (Å²) in [7, 11) is 0. The van der Waals surface area contributed by atoms with Gasteiger partial charge >= 0.3 is 0 Å². The van der Waals surface area contributed by atoms with E-state index >= 15 is 0 Å². The van der Waals surface area contributed by atoms with Crippen LogP contribution in [0.1, 0.15) is 54.8 Å². The number of carbonyl (C=O) groups is 1. The lowest BCUT2D eigenvalue weighted by Crippen LogP contribution is -2.42. The molecule has 0 fully saturated rings. The van der Waals surface area contributed by atoms with E-state index in [0.29, 0.717) is 17.8 Å². The Balaban J connectivity index is 2.00. The first kappa shape index (κ1) is 21.9. The molecule has 0 saturated carbocycles. The fourth-order valence-corrected chi connectivity index (χ4v) is 6.23. The molecule has 4 rings (SSSR count). The molecule has 6 heteroatoms. The molecule has 0 radical (unpaired) electrons. The molecule has 160 valence electrons. The Kier molecular flexibility index (Phi) is 5.61. The lowest BCUT2D eigenvalue weighted by Gasteiger charge is -2.44. The highest BCUT2D eigenvalue weighted by Gasteiger charge is 2.45. The van der Waals surface area contributed by atoms with Gasteiger partial charge in [-0.1, -0.05) is 36.7 Å². The summed E-state index contributed by atoms with van der Waals surface area (Å²) in [6.07, 6.45) is 2.13. The Bertz CT molecular complexity index is 1180. The number of ketones is 1. The second-order valence-corrected chi connectivity index (χ2v) is 11.2. The van der Waals surface area contributed by atoms with Gasteiger partial charge in [0, 0.05) is 31.9 Å². The van der Waals surface area contributed by atoms with Crippen molar-refractivity contribution in [3.8, 4) is 6.07 Å². The average molecular weight is 496 g/mol. The van der Waals surface area contributed by atoms with E-state index in [1.165, 1.54) is 4.88 Å². The zero-order valence-electron chi connectivity index (χ0n) is 18.3. The third-order valence-corrected chi connectivity index (χ3v) is 7.88. The van der Waals surface area contributed by atoms with Gasteiger partial charge in [0.05, 0.1) is 23.2 Å². The molecule has 31 heavy (non-hydrogen) atoms. The highest BCUT2D eigenvalue weighted by molar-refractivity contribution is 9.10. The monoisotopic (exact) mass is 495 g/mol. The molecule has 1 aromatic heterocycles. The van der Waals surface area contributed by atoms with Gasteiger partial charge in [-0.15, -0.1) is 11.3 Å². The number of halogens is 1. The van der Waals surface area contributed by atoms with E-state index in [0.717, 1.165) is 44.7 Å². The number of nitrogens with zero attached hydrogens (tertiary/aromatic N) is 2. The molecule has 0 unspecified atom stereocenters. The Morgan fingerprint density at radius 3 is 2.65 bits per heavy atom. The van der Waals surface area contributed by atoms with Gasteiger partial charge in [-0.2, -0.15) is 5.26 Å². The summed E-state index contributed by atoms with van der Waals surface area (Å²) in [4.78, 5) is 17.7. The Morgan fingerprint density at radius 2 is 2.03 bits per heavy atom. The van der Waals surface area contributed by atoms with Crippen molar-refractivity contribution in [2.45, 2.75) is 52.9 Å². The van der Waals surface area contributed by atoms with Crippen LogP contribution >= 0.6 is 27.3 Å². The average Bonchev–Trinajstić information content (AvgIpc) is 3.16. The molecular formula is C25H26BrN3OS. The van der Waals surface area contributed by atoms with Gasteiger partial charge in [0.2, 0.25) is 0 Å². The quantitative estimate of drug-likeness (QED) is 0.540. The van der Waals surface area contributed by atoms with E-state index in [1.54, 1.807) is 11.3 Å². The molecule has 0 saturated heterocycles. The van der Waals surface area contributed by atoms with Gasteiger partial charge in [-0.25, -0.2) is 0 Å². The third-order valence-electron chi connectivity index (χ3n) is 6.10. The lowest BCUT2D eigenvalue weighted by molar-refractivity contribution is -0.118. The summed E-state index contributed by atoms with van der Waals surface area (Å²) in [5, 5.41) is 10.2. The molecule has 0 bridgehead atoms. The van der Waals surface area contributed by atoms with E-state index in [1.807, 2.05) is 30.0 Å². The minimum absolute atomic E-state index is 0.114. The summed E-state index contributed by atoms with van der Waals surface area (Å²) >= 11 is 5.20. The molecule has 2 aliphatic rings. The number of Topliss-reactive ketones (excluding diaryl/α,β-unsaturated/α-hetero) is 1. The smallest absolute Gasteiger partial charge is 0.162 e. The molecule has 1 aliphatic carbocycles. The summed E-state index contributed by atoms with van der Waals surface area (Å²) in [6, 6.07) is 12.5. The standard InChI is InChI=1S/C25H26BrN3OS/c1-5-16-7-9-21(31-16)22-17(13-27)24(28)29(18-8-6-15(26)10-14(18)2)19-11-25(3,4)12-20(30)23(19)22/h6-10,22H,5,11-12,28H2,1-4H3/t22-/m0/s1. The van der Waals surface area contributed by atoms with Crippen molar-refractivity contribution in [3.05, 3.63) is 72.8 Å². The number of carbonyl (C=O) groups excluding carboxylic acids is 1. The number of aryl methyl sites for hydroxylation is 2. The number of anilines is 1. The molecule has 0 spiro atoms. The number of hydrogen-bond donors (Lipinski definition) is 1. The van der Waals surface area contributed by atoms with E-state index in [2.05, 4.69) is 54.9 Å². The fraction of sp³-hybridized carbons (Fsp3) is 0.360. The van der Waals surface area contributed by atoms with Crippen LogP contribution in [0, 0.1) is 23.7 Å². The minimum atomic E-state index is -0.388. The predicted octanol–water partition coefficient (Wildman–Crippen LogP) is 6.32. The van der Waals surface area contributed by atoms with E-state index < -0.39 is 0 Å². The molecule has 0 amide bonds. The van der Waals surface area contributed by atoms with Gasteiger partial charge in [0.1, 0.15) is 5.82 Å². The third kappa shape index (κ3) is 3.75. The largest absolute Gasteiger partial charge is 0.384 e. The molecule has 2 aromatic rings. The normalized spacial score (nSPS) is 20.7. The summed E-state index contributed by atoms with van der Waals surface area (Å²) < 4.78 is 0.978. The van der Waals surface area contributed by atoms with Crippen LogP contribution in [0.25, 0.3) is 0 Å². The van der Waals surface area contributed by atoms with Crippen LogP contribution < -0.4 is 10.6 Å². The second kappa shape index (κ2) is 7.96. The zero-order chi connectivity index (χ0) is 22.5.